The monoisotopic (exact) mass is 374 g/mol. The van der Waals surface area contributed by atoms with E-state index in [1.54, 1.807) is 35.0 Å². The maximum Gasteiger partial charge on any atom is 0.214 e. The highest BCUT2D eigenvalue weighted by molar-refractivity contribution is 8.00. The summed E-state index contributed by atoms with van der Waals surface area (Å²) in [6.07, 6.45) is 0. The molecule has 3 aromatic rings. The number of thioether (sulfide) groups is 1. The lowest BCUT2D eigenvalue weighted by Crippen LogP contribution is -2.09. The van der Waals surface area contributed by atoms with Crippen molar-refractivity contribution < 1.29 is 8.42 Å². The standard InChI is InChI=1S/C17H18N4O2S2/c1-13-8-9-16(14(2)12-13)21-17(18-19-20-21)24-10-11-25(22,23)15-6-4-3-5-7-15/h3-9,12H,10-11H2,1-2H3. The summed E-state index contributed by atoms with van der Waals surface area (Å²) in [5.74, 6) is 0.407. The molecule has 0 amide bonds. The van der Waals surface area contributed by atoms with Gasteiger partial charge in [0.15, 0.2) is 9.84 Å². The minimum atomic E-state index is -3.30. The number of nitrogens with zero attached hydrogens (tertiary/aromatic N) is 4. The Bertz CT molecular complexity index is 969. The zero-order valence-corrected chi connectivity index (χ0v) is 15.6. The summed E-state index contributed by atoms with van der Waals surface area (Å²) in [5, 5.41) is 12.4. The summed E-state index contributed by atoms with van der Waals surface area (Å²) >= 11 is 1.33. The summed E-state index contributed by atoms with van der Waals surface area (Å²) in [6, 6.07) is 14.5. The van der Waals surface area contributed by atoms with Gasteiger partial charge in [-0.1, -0.05) is 47.7 Å². The molecule has 0 aliphatic heterocycles. The summed E-state index contributed by atoms with van der Waals surface area (Å²) in [6.45, 7) is 4.03. The third-order valence-electron chi connectivity index (χ3n) is 3.71. The molecule has 0 spiro atoms. The second-order valence-electron chi connectivity index (χ2n) is 5.64. The second kappa shape index (κ2) is 7.37. The third kappa shape index (κ3) is 4.08. The Morgan fingerprint density at radius 2 is 1.84 bits per heavy atom. The summed E-state index contributed by atoms with van der Waals surface area (Å²) in [7, 11) is -3.30. The highest BCUT2D eigenvalue weighted by Crippen LogP contribution is 2.22. The van der Waals surface area contributed by atoms with Crippen molar-refractivity contribution in [2.45, 2.75) is 23.9 Å². The van der Waals surface area contributed by atoms with Gasteiger partial charge >= 0.3 is 0 Å². The number of rotatable bonds is 6. The summed E-state index contributed by atoms with van der Waals surface area (Å²) in [5.41, 5.74) is 3.12. The number of tetrazole rings is 1. The minimum absolute atomic E-state index is 0.0292. The molecule has 1 aromatic heterocycles. The Morgan fingerprint density at radius 3 is 2.56 bits per heavy atom. The lowest BCUT2D eigenvalue weighted by atomic mass is 10.1. The first-order chi connectivity index (χ1) is 12.0. The van der Waals surface area contributed by atoms with Crippen molar-refractivity contribution in [3.05, 3.63) is 59.7 Å². The smallest absolute Gasteiger partial charge is 0.214 e. The largest absolute Gasteiger partial charge is 0.224 e. The van der Waals surface area contributed by atoms with Crippen LogP contribution in [0.2, 0.25) is 0 Å². The summed E-state index contributed by atoms with van der Waals surface area (Å²) in [4.78, 5) is 0.338. The van der Waals surface area contributed by atoms with Crippen LogP contribution in [0.25, 0.3) is 5.69 Å². The maximum absolute atomic E-state index is 12.3. The molecule has 0 saturated carbocycles. The SMILES string of the molecule is Cc1ccc(-n2nnnc2SCCS(=O)(=O)c2ccccc2)c(C)c1. The van der Waals surface area contributed by atoms with Crippen LogP contribution in [-0.2, 0) is 9.84 Å². The Morgan fingerprint density at radius 1 is 1.08 bits per heavy atom. The second-order valence-corrected chi connectivity index (χ2v) is 8.81. The molecule has 130 valence electrons. The van der Waals surface area contributed by atoms with E-state index < -0.39 is 9.84 Å². The zero-order valence-electron chi connectivity index (χ0n) is 14.0. The van der Waals surface area contributed by atoms with E-state index in [1.807, 2.05) is 26.0 Å². The minimum Gasteiger partial charge on any atom is -0.224 e. The first kappa shape index (κ1) is 17.6. The molecule has 0 aliphatic carbocycles. The highest BCUT2D eigenvalue weighted by atomic mass is 32.2. The van der Waals surface area contributed by atoms with E-state index in [0.29, 0.717) is 15.8 Å². The molecule has 0 fully saturated rings. The molecule has 0 N–H and O–H groups in total. The molecule has 0 radical (unpaired) electrons. The Kier molecular flexibility index (Phi) is 5.19. The van der Waals surface area contributed by atoms with Gasteiger partial charge in [-0.05, 0) is 48.0 Å². The van der Waals surface area contributed by atoms with Gasteiger partial charge in [-0.25, -0.2) is 8.42 Å². The van der Waals surface area contributed by atoms with Crippen LogP contribution in [0, 0.1) is 13.8 Å². The van der Waals surface area contributed by atoms with Crippen LogP contribution in [0.4, 0.5) is 0 Å². The van der Waals surface area contributed by atoms with Gasteiger partial charge in [0.25, 0.3) is 0 Å². The van der Waals surface area contributed by atoms with Gasteiger partial charge in [-0.3, -0.25) is 0 Å². The third-order valence-corrected chi connectivity index (χ3v) is 6.62. The van der Waals surface area contributed by atoms with E-state index in [0.717, 1.165) is 16.8 Å². The molecule has 0 atom stereocenters. The highest BCUT2D eigenvalue weighted by Gasteiger charge is 2.16. The van der Waals surface area contributed by atoms with Crippen LogP contribution in [0.1, 0.15) is 11.1 Å². The van der Waals surface area contributed by atoms with E-state index >= 15 is 0 Å². The first-order valence-corrected chi connectivity index (χ1v) is 10.4. The number of sulfone groups is 1. The Labute approximate surface area is 151 Å². The molecule has 6 nitrogen and oxygen atoms in total. The van der Waals surface area contributed by atoms with Gasteiger partial charge in [0.2, 0.25) is 5.16 Å². The molecule has 1 heterocycles. The van der Waals surface area contributed by atoms with Crippen LogP contribution in [0.3, 0.4) is 0 Å². The molecular formula is C17H18N4O2S2. The van der Waals surface area contributed by atoms with Gasteiger partial charge in [0.05, 0.1) is 16.3 Å². The van der Waals surface area contributed by atoms with Crippen molar-refractivity contribution in [1.82, 2.24) is 20.2 Å². The average Bonchev–Trinajstić information content (AvgIpc) is 3.04. The van der Waals surface area contributed by atoms with Crippen LogP contribution < -0.4 is 0 Å². The number of hydrogen-bond donors (Lipinski definition) is 0. The summed E-state index contributed by atoms with van der Waals surface area (Å²) < 4.78 is 26.3. The van der Waals surface area contributed by atoms with Gasteiger partial charge in [-0.2, -0.15) is 4.68 Å². The van der Waals surface area contributed by atoms with Gasteiger partial charge in [0, 0.05) is 5.75 Å². The quantitative estimate of drug-likeness (QED) is 0.618. The predicted molar refractivity (Wildman–Crippen MR) is 97.8 cm³/mol. The average molecular weight is 374 g/mol. The molecule has 0 bridgehead atoms. The molecular weight excluding hydrogens is 356 g/mol. The lowest BCUT2D eigenvalue weighted by molar-refractivity contribution is 0.597. The number of benzene rings is 2. The van der Waals surface area contributed by atoms with Gasteiger partial charge in [-0.15, -0.1) is 5.10 Å². The van der Waals surface area contributed by atoms with Crippen LogP contribution >= 0.6 is 11.8 Å². The van der Waals surface area contributed by atoms with E-state index in [9.17, 15) is 8.42 Å². The van der Waals surface area contributed by atoms with Crippen molar-refractivity contribution in [2.24, 2.45) is 0 Å². The molecule has 3 rings (SSSR count). The van der Waals surface area contributed by atoms with E-state index in [2.05, 4.69) is 21.6 Å². The van der Waals surface area contributed by atoms with Crippen LogP contribution in [0.15, 0.2) is 58.6 Å². The topological polar surface area (TPSA) is 77.7 Å². The fourth-order valence-electron chi connectivity index (χ4n) is 2.45. The Hall–Kier alpha value is -2.19. The molecule has 2 aromatic carbocycles. The molecule has 0 aliphatic rings. The lowest BCUT2D eigenvalue weighted by Gasteiger charge is -2.08. The van der Waals surface area contributed by atoms with Crippen molar-refractivity contribution in [2.75, 3.05) is 11.5 Å². The molecule has 8 heteroatoms. The first-order valence-electron chi connectivity index (χ1n) is 7.74. The van der Waals surface area contributed by atoms with E-state index in [1.165, 1.54) is 11.8 Å². The van der Waals surface area contributed by atoms with Crippen molar-refractivity contribution >= 4 is 21.6 Å². The van der Waals surface area contributed by atoms with Crippen molar-refractivity contribution in [3.63, 3.8) is 0 Å². The molecule has 25 heavy (non-hydrogen) atoms. The van der Waals surface area contributed by atoms with Crippen LogP contribution in [0.5, 0.6) is 0 Å². The Balaban J connectivity index is 1.72. The predicted octanol–water partition coefficient (Wildman–Crippen LogP) is 2.85. The normalized spacial score (nSPS) is 11.6. The van der Waals surface area contributed by atoms with E-state index in [4.69, 9.17) is 0 Å². The van der Waals surface area contributed by atoms with Crippen LogP contribution in [-0.4, -0.2) is 40.1 Å². The van der Waals surface area contributed by atoms with Gasteiger partial charge < -0.3 is 0 Å². The van der Waals surface area contributed by atoms with Crippen molar-refractivity contribution in [1.29, 1.82) is 0 Å². The number of aromatic nitrogens is 4. The fourth-order valence-corrected chi connectivity index (χ4v) is 5.00. The van der Waals surface area contributed by atoms with Crippen molar-refractivity contribution in [3.8, 4) is 5.69 Å². The van der Waals surface area contributed by atoms with E-state index in [-0.39, 0.29) is 5.75 Å². The zero-order chi connectivity index (χ0) is 17.9. The number of aryl methyl sites for hydroxylation is 2. The maximum atomic E-state index is 12.3. The fraction of sp³-hybridized carbons (Fsp3) is 0.235. The molecule has 0 saturated heterocycles. The molecule has 0 unspecified atom stereocenters. The van der Waals surface area contributed by atoms with Gasteiger partial charge in [0.1, 0.15) is 0 Å². The number of hydrogen-bond acceptors (Lipinski definition) is 6.